The Bertz CT molecular complexity index is 609. The second-order valence-corrected chi connectivity index (χ2v) is 6.10. The maximum absolute atomic E-state index is 9.95. The summed E-state index contributed by atoms with van der Waals surface area (Å²) in [6, 6.07) is 15.6. The van der Waals surface area contributed by atoms with Crippen molar-refractivity contribution in [1.82, 2.24) is 10.6 Å². The largest absolute Gasteiger partial charge is 0.457 e. The summed E-state index contributed by atoms with van der Waals surface area (Å²) in [6.07, 6.45) is 0.236. The molecule has 0 radical (unpaired) electrons. The third-order valence-electron chi connectivity index (χ3n) is 3.83. The molecule has 1 fully saturated rings. The van der Waals surface area contributed by atoms with Gasteiger partial charge in [0.1, 0.15) is 11.5 Å². The lowest BCUT2D eigenvalue weighted by Gasteiger charge is -2.18. The first-order valence-corrected chi connectivity index (χ1v) is 7.60. The van der Waals surface area contributed by atoms with Crippen molar-refractivity contribution in [2.45, 2.75) is 25.6 Å². The van der Waals surface area contributed by atoms with Crippen LogP contribution in [0.2, 0.25) is 0 Å². The molecule has 22 heavy (non-hydrogen) atoms. The summed E-state index contributed by atoms with van der Waals surface area (Å²) in [4.78, 5) is 0. The molecular formula is C18H22N2O2. The van der Waals surface area contributed by atoms with Gasteiger partial charge in [0.05, 0.1) is 11.8 Å². The second-order valence-electron chi connectivity index (χ2n) is 6.10. The van der Waals surface area contributed by atoms with Gasteiger partial charge in [-0.1, -0.05) is 24.3 Å². The summed E-state index contributed by atoms with van der Waals surface area (Å²) < 4.78 is 5.84. The molecule has 0 amide bonds. The van der Waals surface area contributed by atoms with Crippen LogP contribution in [-0.4, -0.2) is 18.2 Å². The highest BCUT2D eigenvalue weighted by atomic mass is 16.5. The Morgan fingerprint density at radius 1 is 0.909 bits per heavy atom. The average molecular weight is 298 g/mol. The van der Waals surface area contributed by atoms with Gasteiger partial charge in [0, 0.05) is 13.1 Å². The van der Waals surface area contributed by atoms with E-state index in [0.717, 1.165) is 30.2 Å². The van der Waals surface area contributed by atoms with Crippen molar-refractivity contribution in [3.05, 3.63) is 59.7 Å². The minimum absolute atomic E-state index is 0.236. The fraction of sp³-hybridized carbons (Fsp3) is 0.333. The average Bonchev–Trinajstić information content (AvgIpc) is 3.02. The summed E-state index contributed by atoms with van der Waals surface area (Å²) in [5, 5.41) is 16.7. The van der Waals surface area contributed by atoms with Crippen LogP contribution in [0.4, 0.5) is 0 Å². The molecule has 1 aliphatic rings. The van der Waals surface area contributed by atoms with Gasteiger partial charge in [-0.25, -0.2) is 0 Å². The van der Waals surface area contributed by atoms with E-state index < -0.39 is 5.60 Å². The predicted molar refractivity (Wildman–Crippen MR) is 86.9 cm³/mol. The Labute approximate surface area is 131 Å². The van der Waals surface area contributed by atoms with Crippen LogP contribution in [0, 0.1) is 0 Å². The molecule has 116 valence electrons. The van der Waals surface area contributed by atoms with Crippen LogP contribution < -0.4 is 15.4 Å². The zero-order valence-electron chi connectivity index (χ0n) is 13.0. The molecule has 3 rings (SSSR count). The molecule has 2 aromatic carbocycles. The van der Waals surface area contributed by atoms with Crippen LogP contribution in [-0.2, 0) is 5.60 Å². The molecular weight excluding hydrogens is 276 g/mol. The Morgan fingerprint density at radius 3 is 1.91 bits per heavy atom. The molecule has 3 N–H and O–H groups in total. The van der Waals surface area contributed by atoms with Crippen molar-refractivity contribution < 1.29 is 9.84 Å². The van der Waals surface area contributed by atoms with E-state index in [2.05, 4.69) is 22.8 Å². The van der Waals surface area contributed by atoms with Gasteiger partial charge in [-0.3, -0.25) is 10.6 Å². The van der Waals surface area contributed by atoms with Crippen molar-refractivity contribution in [1.29, 1.82) is 0 Å². The van der Waals surface area contributed by atoms with Gasteiger partial charge in [-0.05, 0) is 49.2 Å². The van der Waals surface area contributed by atoms with E-state index in [-0.39, 0.29) is 6.17 Å². The summed E-state index contributed by atoms with van der Waals surface area (Å²) in [5.41, 5.74) is 1.25. The normalized spacial score (nSPS) is 16.0. The Balaban J connectivity index is 1.67. The van der Waals surface area contributed by atoms with Crippen LogP contribution in [0.25, 0.3) is 0 Å². The SMILES string of the molecule is CC(C)(O)c1ccc(Oc2ccc(C3NCCN3)cc2)cc1. The predicted octanol–water partition coefficient (Wildman–Crippen LogP) is 2.90. The molecule has 2 aromatic rings. The van der Waals surface area contributed by atoms with E-state index in [9.17, 15) is 5.11 Å². The maximum atomic E-state index is 9.95. The van der Waals surface area contributed by atoms with Gasteiger partial charge in [-0.15, -0.1) is 0 Å². The number of aliphatic hydroxyl groups is 1. The Kier molecular flexibility index (Phi) is 4.16. The molecule has 0 spiro atoms. The number of hydrogen-bond donors (Lipinski definition) is 3. The standard InChI is InChI=1S/C18H22N2O2/c1-18(2,21)14-5-9-16(10-6-14)22-15-7-3-13(4-8-15)17-19-11-12-20-17/h3-10,17,19-21H,11-12H2,1-2H3. The summed E-state index contributed by atoms with van der Waals surface area (Å²) in [7, 11) is 0. The molecule has 1 saturated heterocycles. The first-order valence-electron chi connectivity index (χ1n) is 7.60. The molecule has 0 bridgehead atoms. The first-order chi connectivity index (χ1) is 10.5. The minimum Gasteiger partial charge on any atom is -0.457 e. The van der Waals surface area contributed by atoms with Crippen LogP contribution in [0.1, 0.15) is 31.1 Å². The van der Waals surface area contributed by atoms with Crippen molar-refractivity contribution in [2.75, 3.05) is 13.1 Å². The van der Waals surface area contributed by atoms with Crippen LogP contribution in [0.15, 0.2) is 48.5 Å². The summed E-state index contributed by atoms with van der Waals surface area (Å²) in [6.45, 7) is 5.53. The quantitative estimate of drug-likeness (QED) is 0.812. The molecule has 0 atom stereocenters. The molecule has 0 aliphatic carbocycles. The zero-order chi connectivity index (χ0) is 15.6. The zero-order valence-corrected chi connectivity index (χ0v) is 13.0. The highest BCUT2D eigenvalue weighted by Crippen LogP contribution is 2.26. The Morgan fingerprint density at radius 2 is 1.41 bits per heavy atom. The number of rotatable bonds is 4. The maximum Gasteiger partial charge on any atom is 0.127 e. The highest BCUT2D eigenvalue weighted by molar-refractivity contribution is 5.36. The van der Waals surface area contributed by atoms with E-state index in [0.29, 0.717) is 0 Å². The molecule has 4 heteroatoms. The summed E-state index contributed by atoms with van der Waals surface area (Å²) in [5.74, 6) is 1.57. The van der Waals surface area contributed by atoms with E-state index in [1.54, 1.807) is 13.8 Å². The van der Waals surface area contributed by atoms with Gasteiger partial charge in [0.25, 0.3) is 0 Å². The number of ether oxygens (including phenoxy) is 1. The highest BCUT2D eigenvalue weighted by Gasteiger charge is 2.16. The van der Waals surface area contributed by atoms with E-state index in [4.69, 9.17) is 4.74 Å². The monoisotopic (exact) mass is 298 g/mol. The molecule has 0 unspecified atom stereocenters. The molecule has 0 saturated carbocycles. The first kappa shape index (κ1) is 15.0. The van der Waals surface area contributed by atoms with Gasteiger partial charge < -0.3 is 9.84 Å². The minimum atomic E-state index is -0.832. The number of hydrogen-bond acceptors (Lipinski definition) is 4. The van der Waals surface area contributed by atoms with Gasteiger partial charge in [-0.2, -0.15) is 0 Å². The lowest BCUT2D eigenvalue weighted by atomic mass is 9.99. The molecule has 1 aliphatic heterocycles. The third kappa shape index (κ3) is 3.47. The van der Waals surface area contributed by atoms with Gasteiger partial charge >= 0.3 is 0 Å². The second kappa shape index (κ2) is 6.08. The fourth-order valence-electron chi connectivity index (χ4n) is 2.54. The fourth-order valence-corrected chi connectivity index (χ4v) is 2.54. The van der Waals surface area contributed by atoms with Crippen molar-refractivity contribution >= 4 is 0 Å². The Hall–Kier alpha value is -1.88. The topological polar surface area (TPSA) is 53.5 Å². The molecule has 0 aromatic heterocycles. The van der Waals surface area contributed by atoms with E-state index in [1.165, 1.54) is 5.56 Å². The van der Waals surface area contributed by atoms with Gasteiger partial charge in [0.2, 0.25) is 0 Å². The van der Waals surface area contributed by atoms with Crippen molar-refractivity contribution in [3.63, 3.8) is 0 Å². The van der Waals surface area contributed by atoms with E-state index in [1.807, 2.05) is 36.4 Å². The lowest BCUT2D eigenvalue weighted by molar-refractivity contribution is 0.0786. The van der Waals surface area contributed by atoms with Gasteiger partial charge in [0.15, 0.2) is 0 Å². The van der Waals surface area contributed by atoms with Crippen molar-refractivity contribution in [2.24, 2.45) is 0 Å². The van der Waals surface area contributed by atoms with E-state index >= 15 is 0 Å². The van der Waals surface area contributed by atoms with Crippen LogP contribution in [0.3, 0.4) is 0 Å². The molecule has 4 nitrogen and oxygen atoms in total. The summed E-state index contributed by atoms with van der Waals surface area (Å²) >= 11 is 0. The molecule has 1 heterocycles. The number of benzene rings is 2. The number of nitrogens with one attached hydrogen (secondary N) is 2. The van der Waals surface area contributed by atoms with Crippen LogP contribution in [0.5, 0.6) is 11.5 Å². The van der Waals surface area contributed by atoms with Crippen molar-refractivity contribution in [3.8, 4) is 11.5 Å². The lowest BCUT2D eigenvalue weighted by Crippen LogP contribution is -2.20. The third-order valence-corrected chi connectivity index (χ3v) is 3.83. The smallest absolute Gasteiger partial charge is 0.127 e. The van der Waals surface area contributed by atoms with Crippen LogP contribution >= 0.6 is 0 Å².